The summed E-state index contributed by atoms with van der Waals surface area (Å²) in [6, 6.07) is 0. The van der Waals surface area contributed by atoms with Crippen LogP contribution in [0.1, 0.15) is 19.3 Å². The maximum absolute atomic E-state index is 11.0. The number of carbonyl (C=O) groups is 1. The SMILES string of the molecule is C#CCCCOC(=O)CC(Cl)=C(Cl)Cl. The van der Waals surface area contributed by atoms with Crippen LogP contribution in [0.15, 0.2) is 9.52 Å². The first-order chi connectivity index (χ1) is 6.57. The van der Waals surface area contributed by atoms with Crippen molar-refractivity contribution < 1.29 is 9.53 Å². The van der Waals surface area contributed by atoms with Crippen molar-refractivity contribution in [1.29, 1.82) is 0 Å². The lowest BCUT2D eigenvalue weighted by Gasteiger charge is -2.02. The number of carbonyl (C=O) groups excluding carboxylic acids is 1. The normalized spacial score (nSPS) is 9.00. The molecule has 0 aliphatic rings. The number of ether oxygens (including phenoxy) is 1. The monoisotopic (exact) mass is 254 g/mol. The standard InChI is InChI=1S/C9H9Cl3O2/c1-2-3-4-5-14-8(13)6-7(10)9(11)12/h1H,3-6H2. The van der Waals surface area contributed by atoms with Crippen LogP contribution in [0.3, 0.4) is 0 Å². The molecule has 0 radical (unpaired) electrons. The minimum Gasteiger partial charge on any atom is -0.465 e. The van der Waals surface area contributed by atoms with Gasteiger partial charge in [-0.2, -0.15) is 0 Å². The minimum absolute atomic E-state index is 0.0790. The Labute approximate surface area is 98.2 Å². The van der Waals surface area contributed by atoms with Gasteiger partial charge in [0, 0.05) is 6.42 Å². The molecule has 0 aliphatic carbocycles. The summed E-state index contributed by atoms with van der Waals surface area (Å²) in [6.45, 7) is 0.285. The molecule has 0 N–H and O–H groups in total. The fourth-order valence-corrected chi connectivity index (χ4v) is 0.848. The Kier molecular flexibility index (Phi) is 7.78. The lowest BCUT2D eigenvalue weighted by atomic mass is 10.3. The molecular weight excluding hydrogens is 246 g/mol. The van der Waals surface area contributed by atoms with E-state index in [-0.39, 0.29) is 22.6 Å². The lowest BCUT2D eigenvalue weighted by molar-refractivity contribution is -0.142. The zero-order valence-electron chi connectivity index (χ0n) is 7.36. The lowest BCUT2D eigenvalue weighted by Crippen LogP contribution is -2.05. The highest BCUT2D eigenvalue weighted by molar-refractivity contribution is 6.59. The van der Waals surface area contributed by atoms with Crippen molar-refractivity contribution in [3.63, 3.8) is 0 Å². The maximum Gasteiger partial charge on any atom is 0.311 e. The quantitative estimate of drug-likeness (QED) is 0.428. The van der Waals surface area contributed by atoms with Crippen LogP contribution in [0.5, 0.6) is 0 Å². The van der Waals surface area contributed by atoms with Crippen molar-refractivity contribution in [3.05, 3.63) is 9.52 Å². The molecule has 14 heavy (non-hydrogen) atoms. The third-order valence-electron chi connectivity index (χ3n) is 1.23. The van der Waals surface area contributed by atoms with Gasteiger partial charge >= 0.3 is 5.97 Å². The molecule has 2 nitrogen and oxygen atoms in total. The Balaban J connectivity index is 3.68. The van der Waals surface area contributed by atoms with Crippen LogP contribution in [0, 0.1) is 12.3 Å². The number of terminal acetylenes is 1. The van der Waals surface area contributed by atoms with E-state index in [0.29, 0.717) is 12.8 Å². The second-order valence-corrected chi connectivity index (χ2v) is 3.78. The number of halogens is 3. The van der Waals surface area contributed by atoms with Gasteiger partial charge in [0.2, 0.25) is 0 Å². The summed E-state index contributed by atoms with van der Waals surface area (Å²) in [6.07, 6.45) is 6.11. The highest BCUT2D eigenvalue weighted by atomic mass is 35.5. The molecular formula is C9H9Cl3O2. The van der Waals surface area contributed by atoms with Crippen LogP contribution in [0.2, 0.25) is 0 Å². The van der Waals surface area contributed by atoms with Crippen LogP contribution in [-0.4, -0.2) is 12.6 Å². The number of hydrogen-bond donors (Lipinski definition) is 0. The Morgan fingerprint density at radius 3 is 2.50 bits per heavy atom. The average Bonchev–Trinajstić information content (AvgIpc) is 2.12. The third kappa shape index (κ3) is 7.08. The third-order valence-corrected chi connectivity index (χ3v) is 2.21. The van der Waals surface area contributed by atoms with E-state index in [1.165, 1.54) is 0 Å². The second-order valence-electron chi connectivity index (χ2n) is 2.37. The molecule has 0 aromatic rings. The summed E-state index contributed by atoms with van der Waals surface area (Å²) in [5, 5.41) is 0.0790. The molecule has 78 valence electrons. The molecule has 5 heteroatoms. The molecule has 0 fully saturated rings. The van der Waals surface area contributed by atoms with Crippen LogP contribution in [0.4, 0.5) is 0 Å². The zero-order chi connectivity index (χ0) is 11.0. The Morgan fingerprint density at radius 1 is 1.36 bits per heavy atom. The molecule has 0 aromatic heterocycles. The molecule has 0 bridgehead atoms. The topological polar surface area (TPSA) is 26.3 Å². The van der Waals surface area contributed by atoms with E-state index in [1.807, 2.05) is 0 Å². The van der Waals surface area contributed by atoms with Crippen molar-refractivity contribution in [1.82, 2.24) is 0 Å². The molecule has 0 heterocycles. The molecule has 0 aromatic carbocycles. The first kappa shape index (κ1) is 13.6. The van der Waals surface area contributed by atoms with Gasteiger partial charge in [-0.3, -0.25) is 4.79 Å². The number of hydrogen-bond acceptors (Lipinski definition) is 2. The average molecular weight is 256 g/mol. The van der Waals surface area contributed by atoms with Gasteiger partial charge in [-0.1, -0.05) is 34.8 Å². The largest absolute Gasteiger partial charge is 0.465 e. The highest BCUT2D eigenvalue weighted by Gasteiger charge is 2.07. The fraction of sp³-hybridized carbons (Fsp3) is 0.444. The summed E-state index contributed by atoms with van der Waals surface area (Å²) in [7, 11) is 0. The second kappa shape index (κ2) is 7.99. The van der Waals surface area contributed by atoms with Crippen molar-refractivity contribution in [2.24, 2.45) is 0 Å². The van der Waals surface area contributed by atoms with E-state index in [1.54, 1.807) is 0 Å². The predicted molar refractivity (Wildman–Crippen MR) is 58.2 cm³/mol. The molecule has 0 saturated heterocycles. The molecule has 0 unspecified atom stereocenters. The molecule has 0 spiro atoms. The predicted octanol–water partition coefficient (Wildman–Crippen LogP) is 3.22. The molecule has 0 saturated carbocycles. The minimum atomic E-state index is -0.467. The van der Waals surface area contributed by atoms with Gasteiger partial charge in [0.15, 0.2) is 0 Å². The Hall–Kier alpha value is -0.360. The van der Waals surface area contributed by atoms with E-state index in [0.717, 1.165) is 0 Å². The van der Waals surface area contributed by atoms with Gasteiger partial charge < -0.3 is 4.74 Å². The fourth-order valence-electron chi connectivity index (χ4n) is 0.605. The van der Waals surface area contributed by atoms with Gasteiger partial charge in [-0.15, -0.1) is 12.3 Å². The summed E-state index contributed by atoms with van der Waals surface area (Å²) < 4.78 is 4.68. The van der Waals surface area contributed by atoms with Crippen molar-refractivity contribution in [2.75, 3.05) is 6.61 Å². The van der Waals surface area contributed by atoms with Crippen molar-refractivity contribution >= 4 is 40.8 Å². The molecule has 0 rings (SSSR count). The van der Waals surface area contributed by atoms with Crippen LogP contribution in [0.25, 0.3) is 0 Å². The summed E-state index contributed by atoms with van der Waals surface area (Å²) in [5.41, 5.74) is 0. The van der Waals surface area contributed by atoms with E-state index in [4.69, 9.17) is 46.0 Å². The van der Waals surface area contributed by atoms with Crippen molar-refractivity contribution in [3.8, 4) is 12.3 Å². The maximum atomic E-state index is 11.0. The van der Waals surface area contributed by atoms with Crippen molar-refractivity contribution in [2.45, 2.75) is 19.3 Å². The van der Waals surface area contributed by atoms with Gasteiger partial charge in [0.25, 0.3) is 0 Å². The van der Waals surface area contributed by atoms with Gasteiger partial charge in [0.05, 0.1) is 18.1 Å². The Bertz CT molecular complexity index is 262. The van der Waals surface area contributed by atoms with Crippen LogP contribution in [-0.2, 0) is 9.53 Å². The van der Waals surface area contributed by atoms with Crippen LogP contribution < -0.4 is 0 Å². The number of esters is 1. The first-order valence-electron chi connectivity index (χ1n) is 3.86. The Morgan fingerprint density at radius 2 is 2.00 bits per heavy atom. The van der Waals surface area contributed by atoms with E-state index in [2.05, 4.69) is 5.92 Å². The summed E-state index contributed by atoms with van der Waals surface area (Å²) in [4.78, 5) is 11.0. The number of unbranched alkanes of at least 4 members (excludes halogenated alkanes) is 1. The summed E-state index contributed by atoms with van der Waals surface area (Å²) in [5.74, 6) is 1.96. The van der Waals surface area contributed by atoms with E-state index >= 15 is 0 Å². The highest BCUT2D eigenvalue weighted by Crippen LogP contribution is 2.20. The van der Waals surface area contributed by atoms with Crippen LogP contribution >= 0.6 is 34.8 Å². The molecule has 0 amide bonds. The number of rotatable bonds is 5. The molecule has 0 aliphatic heterocycles. The first-order valence-corrected chi connectivity index (χ1v) is 5.00. The van der Waals surface area contributed by atoms with Gasteiger partial charge in [0.1, 0.15) is 4.49 Å². The summed E-state index contributed by atoms with van der Waals surface area (Å²) >= 11 is 16.2. The smallest absolute Gasteiger partial charge is 0.311 e. The molecule has 0 atom stereocenters. The van der Waals surface area contributed by atoms with Gasteiger partial charge in [-0.25, -0.2) is 0 Å². The van der Waals surface area contributed by atoms with E-state index in [9.17, 15) is 4.79 Å². The van der Waals surface area contributed by atoms with Gasteiger partial charge in [-0.05, 0) is 6.42 Å². The van der Waals surface area contributed by atoms with E-state index < -0.39 is 5.97 Å². The zero-order valence-corrected chi connectivity index (χ0v) is 9.62.